The van der Waals surface area contributed by atoms with Gasteiger partial charge in [-0.15, -0.1) is 0 Å². The molecule has 0 amide bonds. The molecule has 1 saturated carbocycles. The van der Waals surface area contributed by atoms with Gasteiger partial charge in [0.2, 0.25) is 5.78 Å². The lowest BCUT2D eigenvalue weighted by Crippen LogP contribution is -2.08. The van der Waals surface area contributed by atoms with E-state index in [1.807, 2.05) is 31.5 Å². The highest BCUT2D eigenvalue weighted by molar-refractivity contribution is 6.11. The fourth-order valence-electron chi connectivity index (χ4n) is 5.35. The van der Waals surface area contributed by atoms with Crippen molar-refractivity contribution in [2.75, 3.05) is 12.3 Å². The summed E-state index contributed by atoms with van der Waals surface area (Å²) in [6.07, 6.45) is 7.06. The third-order valence-electron chi connectivity index (χ3n) is 7.56. The van der Waals surface area contributed by atoms with Crippen LogP contribution in [0.4, 0.5) is 18.9 Å². The van der Waals surface area contributed by atoms with Crippen molar-refractivity contribution < 1.29 is 22.7 Å². The minimum absolute atomic E-state index is 0.153. The molecule has 2 N–H and O–H groups in total. The Balaban J connectivity index is 1.64. The van der Waals surface area contributed by atoms with Gasteiger partial charge in [0.1, 0.15) is 11.3 Å². The minimum Gasteiger partial charge on any atom is -0.501 e. The molecule has 1 fully saturated rings. The number of nitrogens with two attached hydrogens (primary N) is 1. The molecule has 204 valence electrons. The second-order valence-corrected chi connectivity index (χ2v) is 10.1. The summed E-state index contributed by atoms with van der Waals surface area (Å²) in [5, 5.41) is 0. The van der Waals surface area contributed by atoms with Crippen LogP contribution in [0.5, 0.6) is 0 Å². The number of carbonyl (C=O) groups is 1. The number of imidazole rings is 1. The summed E-state index contributed by atoms with van der Waals surface area (Å²) in [6.45, 7) is 4.23. The SMILES string of the molecule is CCO/C=C/c1cc(C(=O)c2cc(F)c(F)c(F)c2)n2cccc(-c3c(C4CC4)cc4c(nc(C)n4C)c3N)c12. The lowest BCUT2D eigenvalue weighted by atomic mass is 9.93. The highest BCUT2D eigenvalue weighted by atomic mass is 19.2. The van der Waals surface area contributed by atoms with Crippen molar-refractivity contribution in [3.63, 3.8) is 0 Å². The highest BCUT2D eigenvalue weighted by Crippen LogP contribution is 2.49. The number of ketones is 1. The molecule has 6 nitrogen and oxygen atoms in total. The van der Waals surface area contributed by atoms with E-state index in [-0.39, 0.29) is 11.3 Å². The van der Waals surface area contributed by atoms with Gasteiger partial charge in [-0.25, -0.2) is 18.2 Å². The van der Waals surface area contributed by atoms with E-state index in [0.717, 1.165) is 40.9 Å². The number of aromatic nitrogens is 3. The van der Waals surface area contributed by atoms with Crippen molar-refractivity contribution in [2.45, 2.75) is 32.6 Å². The normalized spacial score (nSPS) is 13.7. The van der Waals surface area contributed by atoms with Crippen molar-refractivity contribution in [3.8, 4) is 11.1 Å². The zero-order valence-corrected chi connectivity index (χ0v) is 22.3. The molecule has 6 rings (SSSR count). The van der Waals surface area contributed by atoms with E-state index in [9.17, 15) is 18.0 Å². The van der Waals surface area contributed by atoms with Gasteiger partial charge < -0.3 is 19.4 Å². The number of nitrogens with zero attached hydrogens (tertiary/aromatic N) is 3. The molecule has 1 aliphatic rings. The van der Waals surface area contributed by atoms with Crippen LogP contribution >= 0.6 is 0 Å². The van der Waals surface area contributed by atoms with Crippen LogP contribution in [0.1, 0.15) is 58.7 Å². The first kappa shape index (κ1) is 25.7. The number of rotatable bonds is 7. The first-order chi connectivity index (χ1) is 19.2. The highest BCUT2D eigenvalue weighted by Gasteiger charge is 2.31. The standard InChI is InChI=1S/C31H27F3N4O2/c1-4-40-11-9-18-14-25(31(39)19-12-22(32)27(34)23(33)13-19)38-10-5-6-20(30(18)38)26-21(17-7-8-17)15-24-29(28(26)35)36-16(2)37(24)3/h5-6,9-15,17H,4,7-8,35H2,1-3H3/b11-9+. The Labute approximate surface area is 228 Å². The van der Waals surface area contributed by atoms with Crippen molar-refractivity contribution in [1.82, 2.24) is 14.0 Å². The molecule has 1 aliphatic carbocycles. The number of nitrogen functional groups attached to an aromatic ring is 1. The number of fused-ring (bicyclic) bond motifs is 2. The lowest BCUT2D eigenvalue weighted by Gasteiger charge is -2.16. The molecule has 0 aliphatic heterocycles. The van der Waals surface area contributed by atoms with Gasteiger partial charge in [0.25, 0.3) is 0 Å². The molecule has 9 heteroatoms. The van der Waals surface area contributed by atoms with Gasteiger partial charge in [-0.1, -0.05) is 6.07 Å². The number of hydrogen-bond acceptors (Lipinski definition) is 4. The van der Waals surface area contributed by atoms with Crippen LogP contribution in [-0.2, 0) is 11.8 Å². The zero-order chi connectivity index (χ0) is 28.3. The van der Waals surface area contributed by atoms with E-state index in [0.29, 0.717) is 46.9 Å². The molecule has 0 saturated heterocycles. The molecule has 3 aromatic heterocycles. The van der Waals surface area contributed by atoms with E-state index in [2.05, 4.69) is 6.07 Å². The Kier molecular flexibility index (Phi) is 6.17. The van der Waals surface area contributed by atoms with Crippen LogP contribution in [-0.4, -0.2) is 26.3 Å². The number of hydrogen-bond donors (Lipinski definition) is 1. The van der Waals surface area contributed by atoms with Gasteiger partial charge >= 0.3 is 0 Å². The number of anilines is 1. The van der Waals surface area contributed by atoms with Crippen molar-refractivity contribution >= 4 is 34.1 Å². The maximum atomic E-state index is 14.0. The zero-order valence-electron chi connectivity index (χ0n) is 22.3. The Morgan fingerprint density at radius 1 is 1.18 bits per heavy atom. The Hall–Kier alpha value is -4.53. The molecule has 5 aromatic rings. The Morgan fingerprint density at radius 2 is 1.90 bits per heavy atom. The summed E-state index contributed by atoms with van der Waals surface area (Å²) >= 11 is 0. The first-order valence-corrected chi connectivity index (χ1v) is 13.1. The quantitative estimate of drug-likeness (QED) is 0.105. The van der Waals surface area contributed by atoms with Gasteiger partial charge in [0, 0.05) is 35.5 Å². The van der Waals surface area contributed by atoms with Gasteiger partial charge in [0.05, 0.1) is 35.3 Å². The summed E-state index contributed by atoms with van der Waals surface area (Å²) in [5.41, 5.74) is 13.0. The summed E-state index contributed by atoms with van der Waals surface area (Å²) in [5.74, 6) is -3.95. The number of aryl methyl sites for hydroxylation is 2. The van der Waals surface area contributed by atoms with Gasteiger partial charge in [-0.05, 0) is 74.6 Å². The van der Waals surface area contributed by atoms with E-state index < -0.39 is 23.2 Å². The van der Waals surface area contributed by atoms with Crippen LogP contribution < -0.4 is 5.73 Å². The summed E-state index contributed by atoms with van der Waals surface area (Å²) in [7, 11) is 1.96. The van der Waals surface area contributed by atoms with Gasteiger partial charge in [-0.3, -0.25) is 4.79 Å². The molecule has 0 radical (unpaired) electrons. The van der Waals surface area contributed by atoms with Crippen molar-refractivity contribution in [2.24, 2.45) is 7.05 Å². The molecule has 0 spiro atoms. The average molecular weight is 545 g/mol. The third kappa shape index (κ3) is 4.04. The molecule has 40 heavy (non-hydrogen) atoms. The van der Waals surface area contributed by atoms with Gasteiger partial charge in [-0.2, -0.15) is 0 Å². The van der Waals surface area contributed by atoms with Crippen LogP contribution in [0, 0.1) is 24.4 Å². The fourth-order valence-corrected chi connectivity index (χ4v) is 5.35. The molecule has 0 unspecified atom stereocenters. The molecule has 0 atom stereocenters. The number of carbonyl (C=O) groups excluding carboxylic acids is 1. The number of pyridine rings is 1. The molecular formula is C31H27F3N4O2. The fraction of sp³-hybridized carbons (Fsp3) is 0.226. The van der Waals surface area contributed by atoms with E-state index in [4.69, 9.17) is 15.5 Å². The maximum Gasteiger partial charge on any atom is 0.209 e. The molecule has 2 aromatic carbocycles. The third-order valence-corrected chi connectivity index (χ3v) is 7.56. The largest absolute Gasteiger partial charge is 0.501 e. The predicted octanol–water partition coefficient (Wildman–Crippen LogP) is 6.92. The lowest BCUT2D eigenvalue weighted by molar-refractivity contribution is 0.103. The molecular weight excluding hydrogens is 517 g/mol. The molecule has 3 heterocycles. The number of benzene rings is 2. The number of halogens is 3. The average Bonchev–Trinajstić information content (AvgIpc) is 3.66. The smallest absolute Gasteiger partial charge is 0.209 e. The monoisotopic (exact) mass is 544 g/mol. The minimum atomic E-state index is -1.62. The van der Waals surface area contributed by atoms with E-state index in [1.54, 1.807) is 28.8 Å². The van der Waals surface area contributed by atoms with Crippen LogP contribution in [0.25, 0.3) is 33.8 Å². The van der Waals surface area contributed by atoms with E-state index >= 15 is 0 Å². The Bertz CT molecular complexity index is 1840. The van der Waals surface area contributed by atoms with Crippen molar-refractivity contribution in [3.05, 3.63) is 94.5 Å². The predicted molar refractivity (Wildman–Crippen MR) is 149 cm³/mol. The summed E-state index contributed by atoms with van der Waals surface area (Å²) in [4.78, 5) is 18.3. The van der Waals surface area contributed by atoms with Crippen molar-refractivity contribution in [1.29, 1.82) is 0 Å². The molecule has 0 bridgehead atoms. The second kappa shape index (κ2) is 9.59. The first-order valence-electron chi connectivity index (χ1n) is 13.1. The summed E-state index contributed by atoms with van der Waals surface area (Å²) in [6, 6.07) is 8.94. The van der Waals surface area contributed by atoms with Crippen LogP contribution in [0.3, 0.4) is 0 Å². The topological polar surface area (TPSA) is 74.5 Å². The van der Waals surface area contributed by atoms with Crippen LogP contribution in [0.15, 0.2) is 48.9 Å². The second-order valence-electron chi connectivity index (χ2n) is 10.1. The van der Waals surface area contributed by atoms with E-state index in [1.165, 1.54) is 6.26 Å². The summed E-state index contributed by atoms with van der Waals surface area (Å²) < 4.78 is 50.8. The Morgan fingerprint density at radius 3 is 2.58 bits per heavy atom. The number of ether oxygens (including phenoxy) is 1. The van der Waals surface area contributed by atoms with Crippen LogP contribution in [0.2, 0.25) is 0 Å². The maximum absolute atomic E-state index is 14.0. The van der Waals surface area contributed by atoms with Gasteiger partial charge in [0.15, 0.2) is 17.5 Å².